The lowest BCUT2D eigenvalue weighted by Gasteiger charge is -2.29. The van der Waals surface area contributed by atoms with Crippen LogP contribution in [0, 0.1) is 5.92 Å². The third kappa shape index (κ3) is 4.35. The molecule has 1 fully saturated rings. The third-order valence-electron chi connectivity index (χ3n) is 2.91. The van der Waals surface area contributed by atoms with Gasteiger partial charge in [0.2, 0.25) is 5.91 Å². The number of carbonyl (C=O) groups excluding carboxylic acids is 1. The van der Waals surface area contributed by atoms with Gasteiger partial charge in [-0.15, -0.1) is 6.58 Å². The van der Waals surface area contributed by atoms with Crippen LogP contribution in [-0.4, -0.2) is 24.7 Å². The standard InChI is InChI=1S/C13H23NO2/c1-4-8-16-12(9-11-6-5-7-11)13(15)14-10(2)3/h4,10-12H,1,5-9H2,2-3H3,(H,14,15). The highest BCUT2D eigenvalue weighted by Gasteiger charge is 2.27. The van der Waals surface area contributed by atoms with Crippen molar-refractivity contribution < 1.29 is 9.53 Å². The summed E-state index contributed by atoms with van der Waals surface area (Å²) >= 11 is 0. The van der Waals surface area contributed by atoms with Gasteiger partial charge in [0.05, 0.1) is 6.61 Å². The van der Waals surface area contributed by atoms with E-state index in [0.29, 0.717) is 12.5 Å². The molecule has 0 aromatic carbocycles. The van der Waals surface area contributed by atoms with Crippen molar-refractivity contribution in [2.75, 3.05) is 6.61 Å². The Morgan fingerprint density at radius 2 is 2.25 bits per heavy atom. The zero-order valence-electron chi connectivity index (χ0n) is 10.4. The third-order valence-corrected chi connectivity index (χ3v) is 2.91. The molecule has 92 valence electrons. The Balaban J connectivity index is 2.40. The summed E-state index contributed by atoms with van der Waals surface area (Å²) in [6, 6.07) is 0.170. The lowest BCUT2D eigenvalue weighted by Crippen LogP contribution is -2.41. The Hall–Kier alpha value is -0.830. The molecule has 1 N–H and O–H groups in total. The summed E-state index contributed by atoms with van der Waals surface area (Å²) in [4.78, 5) is 11.9. The van der Waals surface area contributed by atoms with E-state index >= 15 is 0 Å². The molecule has 0 bridgehead atoms. The van der Waals surface area contributed by atoms with Gasteiger partial charge >= 0.3 is 0 Å². The van der Waals surface area contributed by atoms with E-state index in [1.807, 2.05) is 13.8 Å². The molecule has 16 heavy (non-hydrogen) atoms. The van der Waals surface area contributed by atoms with Crippen molar-refractivity contribution in [2.24, 2.45) is 5.92 Å². The number of carbonyl (C=O) groups is 1. The van der Waals surface area contributed by atoms with E-state index in [4.69, 9.17) is 4.74 Å². The van der Waals surface area contributed by atoms with Crippen molar-refractivity contribution in [1.82, 2.24) is 5.32 Å². The summed E-state index contributed by atoms with van der Waals surface area (Å²) in [6.45, 7) is 7.99. The van der Waals surface area contributed by atoms with Crippen LogP contribution in [0.1, 0.15) is 39.5 Å². The Kier molecular flexibility index (Phi) is 5.53. The zero-order valence-corrected chi connectivity index (χ0v) is 10.4. The summed E-state index contributed by atoms with van der Waals surface area (Å²) in [5.41, 5.74) is 0. The lowest BCUT2D eigenvalue weighted by atomic mass is 9.81. The first kappa shape index (κ1) is 13.2. The molecule has 1 atom stereocenters. The highest BCUT2D eigenvalue weighted by molar-refractivity contribution is 5.81. The number of ether oxygens (including phenoxy) is 1. The Bertz CT molecular complexity index is 234. The molecular weight excluding hydrogens is 202 g/mol. The van der Waals surface area contributed by atoms with E-state index < -0.39 is 0 Å². The summed E-state index contributed by atoms with van der Waals surface area (Å²) in [7, 11) is 0. The molecule has 0 spiro atoms. The zero-order chi connectivity index (χ0) is 12.0. The minimum atomic E-state index is -0.300. The molecule has 0 aliphatic heterocycles. The van der Waals surface area contributed by atoms with Crippen LogP contribution < -0.4 is 5.32 Å². The van der Waals surface area contributed by atoms with E-state index in [1.165, 1.54) is 19.3 Å². The summed E-state index contributed by atoms with van der Waals surface area (Å²) in [5, 5.41) is 2.91. The largest absolute Gasteiger partial charge is 0.364 e. The first-order valence-electron chi connectivity index (χ1n) is 6.16. The smallest absolute Gasteiger partial charge is 0.249 e. The second-order valence-electron chi connectivity index (χ2n) is 4.81. The summed E-state index contributed by atoms with van der Waals surface area (Å²) in [5.74, 6) is 0.691. The van der Waals surface area contributed by atoms with Crippen LogP contribution in [0.25, 0.3) is 0 Å². The Morgan fingerprint density at radius 1 is 1.56 bits per heavy atom. The first-order chi connectivity index (χ1) is 7.63. The van der Waals surface area contributed by atoms with Gasteiger partial charge in [-0.25, -0.2) is 0 Å². The van der Waals surface area contributed by atoms with Gasteiger partial charge in [-0.3, -0.25) is 4.79 Å². The fraction of sp³-hybridized carbons (Fsp3) is 0.769. The molecule has 0 radical (unpaired) electrons. The SMILES string of the molecule is C=CCOC(CC1CCC1)C(=O)NC(C)C. The van der Waals surface area contributed by atoms with E-state index in [9.17, 15) is 4.79 Å². The van der Waals surface area contributed by atoms with Crippen LogP contribution in [0.3, 0.4) is 0 Å². The maximum atomic E-state index is 11.9. The lowest BCUT2D eigenvalue weighted by molar-refractivity contribution is -0.134. The molecule has 1 saturated carbocycles. The number of rotatable bonds is 7. The molecule has 1 aliphatic rings. The monoisotopic (exact) mass is 225 g/mol. The molecular formula is C13H23NO2. The topological polar surface area (TPSA) is 38.3 Å². The van der Waals surface area contributed by atoms with Crippen molar-refractivity contribution in [2.45, 2.75) is 51.7 Å². The minimum absolute atomic E-state index is 0.0174. The van der Waals surface area contributed by atoms with Crippen molar-refractivity contribution in [1.29, 1.82) is 0 Å². The number of hydrogen-bond acceptors (Lipinski definition) is 2. The number of hydrogen-bond donors (Lipinski definition) is 1. The van der Waals surface area contributed by atoms with Crippen LogP contribution in [0.2, 0.25) is 0 Å². The molecule has 0 heterocycles. The van der Waals surface area contributed by atoms with Crippen molar-refractivity contribution >= 4 is 5.91 Å². The Morgan fingerprint density at radius 3 is 2.69 bits per heavy atom. The highest BCUT2D eigenvalue weighted by Crippen LogP contribution is 2.31. The van der Waals surface area contributed by atoms with Gasteiger partial charge in [0.25, 0.3) is 0 Å². The predicted octanol–water partition coefficient (Wildman–Crippen LogP) is 2.27. The average molecular weight is 225 g/mol. The van der Waals surface area contributed by atoms with Gasteiger partial charge in [0.1, 0.15) is 6.10 Å². The number of nitrogens with one attached hydrogen (secondary N) is 1. The molecule has 1 unspecified atom stereocenters. The highest BCUT2D eigenvalue weighted by atomic mass is 16.5. The van der Waals surface area contributed by atoms with Gasteiger partial charge in [-0.1, -0.05) is 25.3 Å². The average Bonchev–Trinajstić information content (AvgIpc) is 2.14. The second-order valence-corrected chi connectivity index (χ2v) is 4.81. The summed E-state index contributed by atoms with van der Waals surface area (Å²) in [6.07, 6.45) is 6.02. The fourth-order valence-electron chi connectivity index (χ4n) is 1.84. The van der Waals surface area contributed by atoms with E-state index in [0.717, 1.165) is 6.42 Å². The van der Waals surface area contributed by atoms with Gasteiger partial charge in [-0.05, 0) is 26.2 Å². The maximum absolute atomic E-state index is 11.9. The van der Waals surface area contributed by atoms with Crippen LogP contribution in [0.4, 0.5) is 0 Å². The molecule has 1 aliphatic carbocycles. The minimum Gasteiger partial charge on any atom is -0.364 e. The summed E-state index contributed by atoms with van der Waals surface area (Å²) < 4.78 is 5.53. The maximum Gasteiger partial charge on any atom is 0.249 e. The van der Waals surface area contributed by atoms with Gasteiger partial charge in [0, 0.05) is 6.04 Å². The molecule has 1 rings (SSSR count). The number of amides is 1. The normalized spacial score (nSPS) is 17.9. The quantitative estimate of drug-likeness (QED) is 0.675. The first-order valence-corrected chi connectivity index (χ1v) is 6.16. The van der Waals surface area contributed by atoms with E-state index in [2.05, 4.69) is 11.9 Å². The van der Waals surface area contributed by atoms with Crippen molar-refractivity contribution in [3.63, 3.8) is 0 Å². The van der Waals surface area contributed by atoms with E-state index in [-0.39, 0.29) is 18.1 Å². The molecule has 3 nitrogen and oxygen atoms in total. The molecule has 0 aromatic rings. The van der Waals surface area contributed by atoms with Crippen molar-refractivity contribution in [3.8, 4) is 0 Å². The molecule has 0 saturated heterocycles. The van der Waals surface area contributed by atoms with Gasteiger partial charge in [0.15, 0.2) is 0 Å². The second kappa shape index (κ2) is 6.69. The van der Waals surface area contributed by atoms with Crippen LogP contribution >= 0.6 is 0 Å². The molecule has 0 aromatic heterocycles. The van der Waals surface area contributed by atoms with Gasteiger partial charge in [-0.2, -0.15) is 0 Å². The van der Waals surface area contributed by atoms with Crippen LogP contribution in [0.15, 0.2) is 12.7 Å². The molecule has 1 amide bonds. The van der Waals surface area contributed by atoms with Crippen LogP contribution in [0.5, 0.6) is 0 Å². The van der Waals surface area contributed by atoms with Crippen LogP contribution in [-0.2, 0) is 9.53 Å². The van der Waals surface area contributed by atoms with E-state index in [1.54, 1.807) is 6.08 Å². The predicted molar refractivity (Wildman–Crippen MR) is 65.2 cm³/mol. The molecule has 3 heteroatoms. The Labute approximate surface area is 98.2 Å². The van der Waals surface area contributed by atoms with Gasteiger partial charge < -0.3 is 10.1 Å². The fourth-order valence-corrected chi connectivity index (χ4v) is 1.84. The van der Waals surface area contributed by atoms with Crippen molar-refractivity contribution in [3.05, 3.63) is 12.7 Å².